The highest BCUT2D eigenvalue weighted by atomic mass is 16.5. The van der Waals surface area contributed by atoms with E-state index in [-0.39, 0.29) is 0 Å². The van der Waals surface area contributed by atoms with Crippen LogP contribution in [0.15, 0.2) is 224 Å². The molecule has 0 saturated heterocycles. The fraction of sp³-hybridized carbons (Fsp3) is 0. The standard InChI is InChI=1S/C60H37N3O/c1-3-12-38(13-4-1)40-25-31-54-50(34-40)51-36-42(41-26-32-53-49(35-41)46-16-7-8-18-52(46)61(53)44-14-5-2-6-15-44)27-33-55(51)62(54)45-28-22-39(23-29-45)43-24-30-47-48-17-11-21-59-60(48)63(57(47)37-43)56-19-9-10-20-58(56)64-59/h1-37H. The van der Waals surface area contributed by atoms with E-state index in [0.717, 1.165) is 28.4 Å². The summed E-state index contributed by atoms with van der Waals surface area (Å²) in [4.78, 5) is 0. The van der Waals surface area contributed by atoms with E-state index in [1.54, 1.807) is 0 Å². The quantitative estimate of drug-likeness (QED) is 0.170. The van der Waals surface area contributed by atoms with E-state index in [9.17, 15) is 0 Å². The summed E-state index contributed by atoms with van der Waals surface area (Å²) in [5, 5.41) is 7.37. The van der Waals surface area contributed by atoms with Crippen molar-refractivity contribution >= 4 is 65.4 Å². The van der Waals surface area contributed by atoms with Gasteiger partial charge in [0, 0.05) is 43.7 Å². The van der Waals surface area contributed by atoms with Gasteiger partial charge in [-0.05, 0) is 124 Å². The van der Waals surface area contributed by atoms with Crippen molar-refractivity contribution in [2.45, 2.75) is 0 Å². The molecule has 0 spiro atoms. The van der Waals surface area contributed by atoms with Gasteiger partial charge in [-0.15, -0.1) is 0 Å². The van der Waals surface area contributed by atoms with Crippen molar-refractivity contribution in [1.82, 2.24) is 13.7 Å². The highest BCUT2D eigenvalue weighted by Gasteiger charge is 2.24. The van der Waals surface area contributed by atoms with Crippen LogP contribution in [0.2, 0.25) is 0 Å². The second-order valence-corrected chi connectivity index (χ2v) is 16.9. The fourth-order valence-corrected chi connectivity index (χ4v) is 10.5. The SMILES string of the molecule is c1ccc(-c2ccc3c(c2)c2cc(-c4ccc5c(c4)c4ccccc4n5-c4ccccc4)ccc2n3-c2ccc(-c3ccc4c5cccc6c5n(c4c3)-c3ccccc3O6)cc2)cc1. The minimum absolute atomic E-state index is 0.872. The second-order valence-electron chi connectivity index (χ2n) is 16.9. The summed E-state index contributed by atoms with van der Waals surface area (Å²) in [5.74, 6) is 1.76. The highest BCUT2D eigenvalue weighted by Crippen LogP contribution is 2.46. The summed E-state index contributed by atoms with van der Waals surface area (Å²) >= 11 is 0. The van der Waals surface area contributed by atoms with Crippen LogP contribution in [0.25, 0.3) is 116 Å². The van der Waals surface area contributed by atoms with Crippen molar-refractivity contribution in [3.8, 4) is 61.9 Å². The van der Waals surface area contributed by atoms with Gasteiger partial charge in [0.1, 0.15) is 0 Å². The monoisotopic (exact) mass is 815 g/mol. The molecule has 4 heterocycles. The van der Waals surface area contributed by atoms with Gasteiger partial charge in [0.05, 0.1) is 38.8 Å². The summed E-state index contributed by atoms with van der Waals surface area (Å²) in [5.41, 5.74) is 17.6. The Kier molecular flexibility index (Phi) is 7.36. The van der Waals surface area contributed by atoms with Gasteiger partial charge in [0.15, 0.2) is 11.5 Å². The molecule has 298 valence electrons. The van der Waals surface area contributed by atoms with Crippen LogP contribution in [0.5, 0.6) is 11.5 Å². The molecule has 0 atom stereocenters. The maximum absolute atomic E-state index is 6.38. The number of fused-ring (bicyclic) bond motifs is 11. The molecule has 10 aromatic carbocycles. The number of ether oxygens (including phenoxy) is 1. The number of hydrogen-bond donors (Lipinski definition) is 0. The Morgan fingerprint density at radius 1 is 0.250 bits per heavy atom. The molecule has 13 aromatic rings. The molecule has 0 bridgehead atoms. The molecule has 0 saturated carbocycles. The summed E-state index contributed by atoms with van der Waals surface area (Å²) in [6.07, 6.45) is 0. The zero-order valence-electron chi connectivity index (χ0n) is 34.6. The third kappa shape index (κ3) is 5.11. The lowest BCUT2D eigenvalue weighted by Crippen LogP contribution is -2.03. The molecule has 4 heteroatoms. The molecule has 0 aliphatic carbocycles. The Balaban J connectivity index is 0.910. The first kappa shape index (κ1) is 35.0. The molecule has 0 N–H and O–H groups in total. The van der Waals surface area contributed by atoms with Crippen molar-refractivity contribution in [3.05, 3.63) is 224 Å². The minimum atomic E-state index is 0.872. The molecular weight excluding hydrogens is 779 g/mol. The first-order chi connectivity index (χ1) is 31.7. The molecule has 64 heavy (non-hydrogen) atoms. The molecule has 0 amide bonds. The largest absolute Gasteiger partial charge is 0.453 e. The predicted molar refractivity (Wildman–Crippen MR) is 266 cm³/mol. The van der Waals surface area contributed by atoms with E-state index >= 15 is 0 Å². The Hall–Kier alpha value is -8.60. The molecule has 3 aromatic heterocycles. The average molecular weight is 816 g/mol. The van der Waals surface area contributed by atoms with Crippen LogP contribution in [-0.4, -0.2) is 13.7 Å². The van der Waals surface area contributed by atoms with Gasteiger partial charge in [-0.25, -0.2) is 0 Å². The van der Waals surface area contributed by atoms with Gasteiger partial charge in [0.2, 0.25) is 0 Å². The van der Waals surface area contributed by atoms with Crippen molar-refractivity contribution in [1.29, 1.82) is 0 Å². The van der Waals surface area contributed by atoms with E-state index in [2.05, 4.69) is 232 Å². The number of hydrogen-bond acceptors (Lipinski definition) is 1. The van der Waals surface area contributed by atoms with Crippen LogP contribution in [0.4, 0.5) is 0 Å². The molecule has 1 aliphatic rings. The maximum Gasteiger partial charge on any atom is 0.152 e. The third-order valence-corrected chi connectivity index (χ3v) is 13.4. The van der Waals surface area contributed by atoms with Crippen molar-refractivity contribution < 1.29 is 4.74 Å². The second kappa shape index (κ2) is 13.4. The predicted octanol–water partition coefficient (Wildman–Crippen LogP) is 16.1. The molecule has 0 radical (unpaired) electrons. The summed E-state index contributed by atoms with van der Waals surface area (Å²) in [6, 6.07) is 81.6. The van der Waals surface area contributed by atoms with E-state index < -0.39 is 0 Å². The van der Waals surface area contributed by atoms with E-state index in [1.165, 1.54) is 99.0 Å². The molecule has 0 unspecified atom stereocenters. The number of aromatic nitrogens is 3. The Morgan fingerprint density at radius 2 is 0.719 bits per heavy atom. The van der Waals surface area contributed by atoms with Crippen LogP contribution >= 0.6 is 0 Å². The van der Waals surface area contributed by atoms with Crippen LogP contribution in [0.3, 0.4) is 0 Å². The third-order valence-electron chi connectivity index (χ3n) is 13.4. The van der Waals surface area contributed by atoms with Gasteiger partial charge in [-0.3, -0.25) is 0 Å². The van der Waals surface area contributed by atoms with Gasteiger partial charge in [0.25, 0.3) is 0 Å². The van der Waals surface area contributed by atoms with Crippen LogP contribution in [0, 0.1) is 0 Å². The lowest BCUT2D eigenvalue weighted by molar-refractivity contribution is 0.476. The number of para-hydroxylation sites is 5. The fourth-order valence-electron chi connectivity index (χ4n) is 10.5. The molecule has 1 aliphatic heterocycles. The van der Waals surface area contributed by atoms with Gasteiger partial charge < -0.3 is 18.4 Å². The van der Waals surface area contributed by atoms with Gasteiger partial charge in [-0.1, -0.05) is 133 Å². The maximum atomic E-state index is 6.38. The Bertz CT molecular complexity index is 4020. The topological polar surface area (TPSA) is 24.0 Å². The van der Waals surface area contributed by atoms with E-state index in [4.69, 9.17) is 4.74 Å². The van der Waals surface area contributed by atoms with Crippen LogP contribution in [0.1, 0.15) is 0 Å². The zero-order chi connectivity index (χ0) is 41.9. The zero-order valence-corrected chi connectivity index (χ0v) is 34.6. The number of benzene rings is 10. The van der Waals surface area contributed by atoms with Crippen molar-refractivity contribution in [2.75, 3.05) is 0 Å². The van der Waals surface area contributed by atoms with Crippen LogP contribution in [-0.2, 0) is 0 Å². The van der Waals surface area contributed by atoms with E-state index in [1.807, 2.05) is 6.07 Å². The van der Waals surface area contributed by atoms with Gasteiger partial charge >= 0.3 is 0 Å². The normalized spacial score (nSPS) is 12.2. The van der Waals surface area contributed by atoms with Crippen LogP contribution < -0.4 is 4.74 Å². The first-order valence-electron chi connectivity index (χ1n) is 21.9. The van der Waals surface area contributed by atoms with E-state index in [0.29, 0.717) is 0 Å². The Morgan fingerprint density at radius 3 is 1.44 bits per heavy atom. The number of nitrogens with zero attached hydrogens (tertiary/aromatic N) is 3. The molecule has 0 fully saturated rings. The van der Waals surface area contributed by atoms with Crippen molar-refractivity contribution in [2.24, 2.45) is 0 Å². The summed E-state index contributed by atoms with van der Waals surface area (Å²) in [6.45, 7) is 0. The lowest BCUT2D eigenvalue weighted by atomic mass is 9.99. The molecule has 14 rings (SSSR count). The smallest absolute Gasteiger partial charge is 0.152 e. The highest BCUT2D eigenvalue weighted by molar-refractivity contribution is 6.15. The van der Waals surface area contributed by atoms with Gasteiger partial charge in [-0.2, -0.15) is 0 Å². The summed E-state index contributed by atoms with van der Waals surface area (Å²) < 4.78 is 13.6. The number of rotatable bonds is 5. The van der Waals surface area contributed by atoms with Crippen molar-refractivity contribution in [3.63, 3.8) is 0 Å². The first-order valence-corrected chi connectivity index (χ1v) is 21.9. The molecule has 4 nitrogen and oxygen atoms in total. The Labute approximate surface area is 368 Å². The average Bonchev–Trinajstić information content (AvgIpc) is 4.00. The lowest BCUT2D eigenvalue weighted by Gasteiger charge is -2.20. The minimum Gasteiger partial charge on any atom is -0.453 e. The summed E-state index contributed by atoms with van der Waals surface area (Å²) in [7, 11) is 0. The molecular formula is C60H37N3O.